The Balaban J connectivity index is 1.89. The first kappa shape index (κ1) is 21.0. The van der Waals surface area contributed by atoms with Crippen molar-refractivity contribution >= 4 is 37.5 Å². The van der Waals surface area contributed by atoms with Crippen molar-refractivity contribution in [3.05, 3.63) is 57.6 Å². The monoisotopic (exact) mass is 464 g/mol. The largest absolute Gasteiger partial charge is 0.308 e. The molecule has 0 N–H and O–H groups in total. The van der Waals surface area contributed by atoms with Crippen molar-refractivity contribution in [3.8, 4) is 0 Å². The standard InChI is InChI=1S/C21H25BrN2O3S/c1-5-23(28(26,27)20-10-14(2)6-7-15(20)3)13-21(25)24-16(4)11-17-12-18(22)8-9-19(17)24/h6-10,12,16H,5,11,13H2,1-4H3/t16-/m1/s1. The Kier molecular flexibility index (Phi) is 5.98. The first-order chi connectivity index (χ1) is 13.1. The van der Waals surface area contributed by atoms with Gasteiger partial charge in [-0.3, -0.25) is 4.79 Å². The van der Waals surface area contributed by atoms with Gasteiger partial charge >= 0.3 is 0 Å². The Morgan fingerprint density at radius 2 is 1.93 bits per heavy atom. The van der Waals surface area contributed by atoms with Crippen molar-refractivity contribution in [2.45, 2.75) is 45.1 Å². The van der Waals surface area contributed by atoms with Crippen LogP contribution in [0.25, 0.3) is 0 Å². The zero-order valence-electron chi connectivity index (χ0n) is 16.6. The molecule has 0 fully saturated rings. The van der Waals surface area contributed by atoms with E-state index in [1.165, 1.54) is 4.31 Å². The van der Waals surface area contributed by atoms with Gasteiger partial charge in [-0.05, 0) is 68.1 Å². The summed E-state index contributed by atoms with van der Waals surface area (Å²) in [5, 5.41) is 0. The number of carbonyl (C=O) groups excluding carboxylic acids is 1. The molecule has 0 saturated carbocycles. The van der Waals surface area contributed by atoms with Crippen LogP contribution in [0, 0.1) is 13.8 Å². The maximum absolute atomic E-state index is 13.2. The van der Waals surface area contributed by atoms with Crippen molar-refractivity contribution in [3.63, 3.8) is 0 Å². The first-order valence-corrected chi connectivity index (χ1v) is 11.6. The number of carbonyl (C=O) groups is 1. The molecule has 1 aliphatic heterocycles. The Labute approximate surface area is 175 Å². The third-order valence-corrected chi connectivity index (χ3v) is 7.71. The topological polar surface area (TPSA) is 57.7 Å². The minimum Gasteiger partial charge on any atom is -0.308 e. The maximum Gasteiger partial charge on any atom is 0.243 e. The van der Waals surface area contributed by atoms with E-state index in [1.54, 1.807) is 30.9 Å². The summed E-state index contributed by atoms with van der Waals surface area (Å²) >= 11 is 3.47. The van der Waals surface area contributed by atoms with Crippen LogP contribution in [0.4, 0.5) is 5.69 Å². The lowest BCUT2D eigenvalue weighted by atomic mass is 10.1. The van der Waals surface area contributed by atoms with Gasteiger partial charge in [0.25, 0.3) is 0 Å². The first-order valence-electron chi connectivity index (χ1n) is 9.33. The predicted molar refractivity (Wildman–Crippen MR) is 115 cm³/mol. The molecule has 0 saturated heterocycles. The van der Waals surface area contributed by atoms with Gasteiger partial charge in [0, 0.05) is 22.7 Å². The second-order valence-electron chi connectivity index (χ2n) is 7.29. The quantitative estimate of drug-likeness (QED) is 0.670. The highest BCUT2D eigenvalue weighted by atomic mass is 79.9. The van der Waals surface area contributed by atoms with Crippen molar-refractivity contribution < 1.29 is 13.2 Å². The third kappa shape index (κ3) is 3.88. The second-order valence-corrected chi connectivity index (χ2v) is 10.1. The van der Waals surface area contributed by atoms with E-state index in [2.05, 4.69) is 15.9 Å². The van der Waals surface area contributed by atoms with Gasteiger partial charge in [-0.1, -0.05) is 35.0 Å². The molecular weight excluding hydrogens is 440 g/mol. The van der Waals surface area contributed by atoms with Crippen LogP contribution in [0.5, 0.6) is 0 Å². The normalized spacial score (nSPS) is 16.5. The van der Waals surface area contributed by atoms with E-state index in [0.29, 0.717) is 5.56 Å². The van der Waals surface area contributed by atoms with Crippen LogP contribution in [-0.2, 0) is 21.2 Å². The fourth-order valence-electron chi connectivity index (χ4n) is 3.70. The SMILES string of the molecule is CCN(CC(=O)N1c2ccc(Br)cc2C[C@H]1C)S(=O)(=O)c1cc(C)ccc1C. The van der Waals surface area contributed by atoms with E-state index in [0.717, 1.165) is 27.7 Å². The molecular formula is C21H25BrN2O3S. The molecule has 1 amide bonds. The van der Waals surface area contributed by atoms with Crippen LogP contribution in [0.3, 0.4) is 0 Å². The number of amides is 1. The second kappa shape index (κ2) is 7.97. The number of benzene rings is 2. The van der Waals surface area contributed by atoms with Gasteiger partial charge in [-0.2, -0.15) is 4.31 Å². The Morgan fingerprint density at radius 3 is 2.61 bits per heavy atom. The van der Waals surface area contributed by atoms with Crippen LogP contribution in [-0.4, -0.2) is 37.8 Å². The molecule has 1 heterocycles. The number of halogens is 1. The molecule has 0 unspecified atom stereocenters. The summed E-state index contributed by atoms with van der Waals surface area (Å²) in [5.41, 5.74) is 3.51. The number of hydrogen-bond acceptors (Lipinski definition) is 3. The molecule has 150 valence electrons. The highest BCUT2D eigenvalue weighted by Crippen LogP contribution is 2.34. The molecule has 3 rings (SSSR count). The number of anilines is 1. The van der Waals surface area contributed by atoms with E-state index in [4.69, 9.17) is 0 Å². The van der Waals surface area contributed by atoms with Crippen molar-refractivity contribution in [1.82, 2.24) is 4.31 Å². The Hall–Kier alpha value is -1.70. The third-order valence-electron chi connectivity index (χ3n) is 5.15. The Morgan fingerprint density at radius 1 is 1.21 bits per heavy atom. The molecule has 0 radical (unpaired) electrons. The smallest absolute Gasteiger partial charge is 0.243 e. The summed E-state index contributed by atoms with van der Waals surface area (Å²) in [4.78, 5) is 15.1. The average Bonchev–Trinajstić information content (AvgIpc) is 2.96. The lowest BCUT2D eigenvalue weighted by molar-refractivity contribution is -0.119. The van der Waals surface area contributed by atoms with E-state index < -0.39 is 10.0 Å². The van der Waals surface area contributed by atoms with Crippen molar-refractivity contribution in [2.24, 2.45) is 0 Å². The van der Waals surface area contributed by atoms with Gasteiger partial charge in [0.05, 0.1) is 11.4 Å². The lowest BCUT2D eigenvalue weighted by Gasteiger charge is -2.27. The summed E-state index contributed by atoms with van der Waals surface area (Å²) in [6, 6.07) is 11.2. The van der Waals surface area contributed by atoms with Gasteiger partial charge in [-0.15, -0.1) is 0 Å². The van der Waals surface area contributed by atoms with Gasteiger partial charge < -0.3 is 4.90 Å². The zero-order valence-corrected chi connectivity index (χ0v) is 19.0. The minimum absolute atomic E-state index is 0.00100. The maximum atomic E-state index is 13.2. The van der Waals surface area contributed by atoms with E-state index in [-0.39, 0.29) is 29.9 Å². The molecule has 0 bridgehead atoms. The summed E-state index contributed by atoms with van der Waals surface area (Å²) in [7, 11) is -3.75. The molecule has 5 nitrogen and oxygen atoms in total. The number of aryl methyl sites for hydroxylation is 2. The van der Waals surface area contributed by atoms with Gasteiger partial charge in [0.2, 0.25) is 15.9 Å². The minimum atomic E-state index is -3.75. The summed E-state index contributed by atoms with van der Waals surface area (Å²) in [5.74, 6) is -0.204. The summed E-state index contributed by atoms with van der Waals surface area (Å²) in [6.45, 7) is 7.44. The fraction of sp³-hybridized carbons (Fsp3) is 0.381. The van der Waals surface area contributed by atoms with Crippen LogP contribution in [0.1, 0.15) is 30.5 Å². The van der Waals surface area contributed by atoms with Crippen molar-refractivity contribution in [1.29, 1.82) is 0 Å². The molecule has 0 aliphatic carbocycles. The van der Waals surface area contributed by atoms with Gasteiger partial charge in [-0.25, -0.2) is 8.42 Å². The van der Waals surface area contributed by atoms with Crippen LogP contribution in [0.15, 0.2) is 45.8 Å². The molecule has 7 heteroatoms. The van der Waals surface area contributed by atoms with E-state index in [9.17, 15) is 13.2 Å². The average molecular weight is 465 g/mol. The van der Waals surface area contributed by atoms with Gasteiger partial charge in [0.1, 0.15) is 0 Å². The fourth-order valence-corrected chi connectivity index (χ4v) is 5.81. The van der Waals surface area contributed by atoms with Crippen LogP contribution < -0.4 is 4.90 Å². The molecule has 2 aromatic rings. The number of sulfonamides is 1. The number of rotatable bonds is 5. The molecule has 1 atom stereocenters. The summed E-state index contributed by atoms with van der Waals surface area (Å²) < 4.78 is 28.7. The number of likely N-dealkylation sites (N-methyl/N-ethyl adjacent to an activating group) is 1. The van der Waals surface area contributed by atoms with Gasteiger partial charge in [0.15, 0.2) is 0 Å². The van der Waals surface area contributed by atoms with Crippen LogP contribution in [0.2, 0.25) is 0 Å². The number of hydrogen-bond donors (Lipinski definition) is 0. The lowest BCUT2D eigenvalue weighted by Crippen LogP contribution is -2.45. The number of fused-ring (bicyclic) bond motifs is 1. The van der Waals surface area contributed by atoms with E-state index >= 15 is 0 Å². The number of nitrogens with zero attached hydrogens (tertiary/aromatic N) is 2. The molecule has 0 spiro atoms. The van der Waals surface area contributed by atoms with Crippen LogP contribution >= 0.6 is 15.9 Å². The molecule has 1 aliphatic rings. The van der Waals surface area contributed by atoms with Crippen molar-refractivity contribution in [2.75, 3.05) is 18.0 Å². The molecule has 0 aromatic heterocycles. The molecule has 28 heavy (non-hydrogen) atoms. The van der Waals surface area contributed by atoms with E-state index in [1.807, 2.05) is 38.1 Å². The summed E-state index contributed by atoms with van der Waals surface area (Å²) in [6.07, 6.45) is 0.760. The predicted octanol–water partition coefficient (Wildman–Crippen LogP) is 4.05. The molecule has 2 aromatic carbocycles. The zero-order chi connectivity index (χ0) is 20.6. The highest BCUT2D eigenvalue weighted by molar-refractivity contribution is 9.10. The highest BCUT2D eigenvalue weighted by Gasteiger charge is 2.34. The Bertz CT molecular complexity index is 1020.